The standard InChI is InChI=1S/C22H42O4Si2/c1-8-13-20(25-19-24-16-17-27(5,6)7)18-22(15-12-14-21(22)23)26-28(9-2,10-3)11-4/h1,20H,9-19H2,2-7H3/t20-,22-/m1/s1. The number of carbonyl (C=O) groups excluding carboxylic acids is 1. The van der Waals surface area contributed by atoms with Gasteiger partial charge in [-0.05, 0) is 37.0 Å². The van der Waals surface area contributed by atoms with Crippen LogP contribution in [0.5, 0.6) is 0 Å². The second kappa shape index (κ2) is 11.7. The molecule has 0 amide bonds. The number of terminal acetylenes is 1. The predicted molar refractivity (Wildman–Crippen MR) is 122 cm³/mol. The maximum atomic E-state index is 12.9. The molecule has 2 atom stereocenters. The smallest absolute Gasteiger partial charge is 0.193 e. The van der Waals surface area contributed by atoms with E-state index in [1.54, 1.807) is 0 Å². The highest BCUT2D eigenvalue weighted by Crippen LogP contribution is 2.40. The van der Waals surface area contributed by atoms with Crippen LogP contribution < -0.4 is 0 Å². The summed E-state index contributed by atoms with van der Waals surface area (Å²) in [4.78, 5) is 12.9. The molecule has 162 valence electrons. The Morgan fingerprint density at radius 1 is 1.18 bits per heavy atom. The molecule has 0 saturated heterocycles. The van der Waals surface area contributed by atoms with E-state index in [1.807, 2.05) is 0 Å². The van der Waals surface area contributed by atoms with E-state index in [-0.39, 0.29) is 18.7 Å². The summed E-state index contributed by atoms with van der Waals surface area (Å²) in [6, 6.07) is 4.22. The molecule has 0 radical (unpaired) electrons. The molecule has 0 spiro atoms. The first kappa shape index (κ1) is 25.6. The highest BCUT2D eigenvalue weighted by molar-refractivity contribution is 6.76. The van der Waals surface area contributed by atoms with Crippen LogP contribution in [-0.4, -0.2) is 47.3 Å². The number of hydrogen-bond acceptors (Lipinski definition) is 4. The molecule has 6 heteroatoms. The van der Waals surface area contributed by atoms with Crippen molar-refractivity contribution in [1.29, 1.82) is 0 Å². The lowest BCUT2D eigenvalue weighted by Crippen LogP contribution is -2.51. The zero-order valence-corrected chi connectivity index (χ0v) is 21.1. The molecule has 1 fully saturated rings. The van der Waals surface area contributed by atoms with E-state index in [9.17, 15) is 4.79 Å². The Bertz CT molecular complexity index is 511. The third kappa shape index (κ3) is 7.76. The first-order valence-corrected chi connectivity index (χ1v) is 17.3. The number of ketones is 1. The van der Waals surface area contributed by atoms with E-state index in [0.717, 1.165) is 43.6 Å². The molecule has 4 nitrogen and oxygen atoms in total. The van der Waals surface area contributed by atoms with Crippen molar-refractivity contribution in [3.63, 3.8) is 0 Å². The molecule has 0 heterocycles. The molecule has 0 aromatic heterocycles. The van der Waals surface area contributed by atoms with Crippen LogP contribution in [0.1, 0.15) is 52.9 Å². The van der Waals surface area contributed by atoms with Crippen molar-refractivity contribution < 1.29 is 18.7 Å². The Labute approximate surface area is 175 Å². The molecule has 0 aliphatic heterocycles. The molecule has 0 bridgehead atoms. The minimum atomic E-state index is -1.91. The SMILES string of the molecule is C#CC[C@H](C[C@]1(O[Si](CC)(CC)CC)CCCC1=O)OCOCC[Si](C)(C)C. The third-order valence-corrected chi connectivity index (χ3v) is 12.5. The van der Waals surface area contributed by atoms with E-state index < -0.39 is 22.0 Å². The summed E-state index contributed by atoms with van der Waals surface area (Å²) in [5.74, 6) is 2.96. The van der Waals surface area contributed by atoms with Crippen molar-refractivity contribution in [2.24, 2.45) is 0 Å². The van der Waals surface area contributed by atoms with E-state index in [4.69, 9.17) is 20.3 Å². The summed E-state index contributed by atoms with van der Waals surface area (Å²) in [6.07, 6.45) is 8.73. The summed E-state index contributed by atoms with van der Waals surface area (Å²) < 4.78 is 18.5. The van der Waals surface area contributed by atoms with Crippen molar-refractivity contribution in [2.75, 3.05) is 13.4 Å². The van der Waals surface area contributed by atoms with E-state index in [1.165, 1.54) is 0 Å². The average molecular weight is 427 g/mol. The summed E-state index contributed by atoms with van der Waals surface area (Å²) in [6.45, 7) is 14.6. The van der Waals surface area contributed by atoms with Gasteiger partial charge in [0.1, 0.15) is 12.4 Å². The Hall–Kier alpha value is -0.456. The fourth-order valence-corrected chi connectivity index (χ4v) is 7.74. The fourth-order valence-electron chi connectivity index (χ4n) is 3.92. The largest absolute Gasteiger partial charge is 0.404 e. The van der Waals surface area contributed by atoms with Crippen molar-refractivity contribution in [2.45, 2.75) is 108 Å². The second-order valence-electron chi connectivity index (χ2n) is 9.35. The van der Waals surface area contributed by atoms with Crippen LogP contribution in [0.25, 0.3) is 0 Å². The predicted octanol–water partition coefficient (Wildman–Crippen LogP) is 5.61. The maximum Gasteiger partial charge on any atom is 0.193 e. The van der Waals surface area contributed by atoms with Gasteiger partial charge in [0, 0.05) is 33.9 Å². The lowest BCUT2D eigenvalue weighted by Gasteiger charge is -2.40. The first-order chi connectivity index (χ1) is 13.2. The lowest BCUT2D eigenvalue weighted by molar-refractivity contribution is -0.140. The normalized spacial score (nSPS) is 21.7. The maximum absolute atomic E-state index is 12.9. The highest BCUT2D eigenvalue weighted by atomic mass is 28.4. The van der Waals surface area contributed by atoms with Crippen LogP contribution in [0.15, 0.2) is 0 Å². The molecule has 28 heavy (non-hydrogen) atoms. The molecule has 1 aliphatic rings. The average Bonchev–Trinajstić information content (AvgIpc) is 2.98. The fraction of sp³-hybridized carbons (Fsp3) is 0.864. The van der Waals surface area contributed by atoms with Gasteiger partial charge in [-0.1, -0.05) is 40.4 Å². The van der Waals surface area contributed by atoms with Crippen LogP contribution in [-0.2, 0) is 18.7 Å². The summed E-state index contributed by atoms with van der Waals surface area (Å²) in [5, 5.41) is 0. The Balaban J connectivity index is 2.78. The van der Waals surface area contributed by atoms with Gasteiger partial charge >= 0.3 is 0 Å². The van der Waals surface area contributed by atoms with Crippen molar-refractivity contribution in [3.8, 4) is 12.3 Å². The molecule has 1 saturated carbocycles. The topological polar surface area (TPSA) is 44.8 Å². The molecular weight excluding hydrogens is 384 g/mol. The van der Waals surface area contributed by atoms with Crippen LogP contribution in [0.3, 0.4) is 0 Å². The van der Waals surface area contributed by atoms with Gasteiger partial charge in [-0.25, -0.2) is 0 Å². The van der Waals surface area contributed by atoms with Gasteiger partial charge in [0.2, 0.25) is 0 Å². The molecular formula is C22H42O4Si2. The van der Waals surface area contributed by atoms with Crippen molar-refractivity contribution in [1.82, 2.24) is 0 Å². The van der Waals surface area contributed by atoms with Crippen LogP contribution in [0.4, 0.5) is 0 Å². The molecule has 0 N–H and O–H groups in total. The number of hydrogen-bond donors (Lipinski definition) is 0. The van der Waals surface area contributed by atoms with Gasteiger partial charge < -0.3 is 13.9 Å². The molecule has 1 aliphatic carbocycles. The zero-order chi connectivity index (χ0) is 21.3. The Kier molecular flexibility index (Phi) is 10.7. The minimum Gasteiger partial charge on any atom is -0.404 e. The van der Waals surface area contributed by atoms with Gasteiger partial charge in [0.05, 0.1) is 6.10 Å². The molecule has 0 aromatic carbocycles. The quantitative estimate of drug-likeness (QED) is 0.157. The molecule has 0 aromatic rings. The minimum absolute atomic E-state index is 0.198. The second-order valence-corrected chi connectivity index (χ2v) is 19.7. The van der Waals surface area contributed by atoms with E-state index in [0.29, 0.717) is 19.3 Å². The third-order valence-electron chi connectivity index (χ3n) is 6.12. The molecule has 0 unspecified atom stereocenters. The molecule has 1 rings (SSSR count). The van der Waals surface area contributed by atoms with E-state index >= 15 is 0 Å². The number of carbonyl (C=O) groups is 1. The lowest BCUT2D eigenvalue weighted by atomic mass is 9.92. The van der Waals surface area contributed by atoms with Gasteiger partial charge in [-0.2, -0.15) is 0 Å². The van der Waals surface area contributed by atoms with Gasteiger partial charge in [-0.3, -0.25) is 4.79 Å². The monoisotopic (exact) mass is 426 g/mol. The van der Waals surface area contributed by atoms with Crippen LogP contribution in [0.2, 0.25) is 43.8 Å². The zero-order valence-electron chi connectivity index (χ0n) is 19.1. The Morgan fingerprint density at radius 2 is 1.82 bits per heavy atom. The number of Topliss-reactive ketones (excluding diaryl/α,β-unsaturated/α-hetero) is 1. The van der Waals surface area contributed by atoms with Crippen LogP contribution in [0, 0.1) is 12.3 Å². The Morgan fingerprint density at radius 3 is 2.29 bits per heavy atom. The highest BCUT2D eigenvalue weighted by Gasteiger charge is 2.49. The van der Waals surface area contributed by atoms with Gasteiger partial charge in [0.25, 0.3) is 0 Å². The summed E-state index contributed by atoms with van der Waals surface area (Å²) >= 11 is 0. The van der Waals surface area contributed by atoms with Gasteiger partial charge in [0.15, 0.2) is 14.1 Å². The van der Waals surface area contributed by atoms with Gasteiger partial charge in [-0.15, -0.1) is 12.3 Å². The number of ether oxygens (including phenoxy) is 2. The first-order valence-electron chi connectivity index (χ1n) is 11.0. The van der Waals surface area contributed by atoms with E-state index in [2.05, 4.69) is 46.3 Å². The van der Waals surface area contributed by atoms with Crippen molar-refractivity contribution >= 4 is 22.2 Å². The summed E-state index contributed by atoms with van der Waals surface area (Å²) in [7, 11) is -3.02. The van der Waals surface area contributed by atoms with Crippen molar-refractivity contribution in [3.05, 3.63) is 0 Å². The summed E-state index contributed by atoms with van der Waals surface area (Å²) in [5.41, 5.74) is -0.700. The van der Waals surface area contributed by atoms with Crippen LogP contribution >= 0.6 is 0 Å². The number of rotatable bonds is 14.